The van der Waals surface area contributed by atoms with Crippen molar-refractivity contribution < 1.29 is 23.6 Å². The maximum atomic E-state index is 12.7. The molecule has 0 saturated heterocycles. The molecule has 9 heteroatoms. The van der Waals surface area contributed by atoms with Gasteiger partial charge in [0.1, 0.15) is 11.1 Å². The number of nitrogens with zero attached hydrogens (tertiary/aromatic N) is 2. The Kier molecular flexibility index (Phi) is 7.63. The Labute approximate surface area is 211 Å². The molecule has 1 unspecified atom stereocenters. The zero-order chi connectivity index (χ0) is 24.9. The van der Waals surface area contributed by atoms with Crippen molar-refractivity contribution in [3.05, 3.63) is 81.4 Å². The lowest BCUT2D eigenvalue weighted by Crippen LogP contribution is -2.12. The first kappa shape index (κ1) is 24.6. The molecule has 0 spiro atoms. The fourth-order valence-electron chi connectivity index (χ4n) is 3.54. The summed E-state index contributed by atoms with van der Waals surface area (Å²) in [7, 11) is 0. The van der Waals surface area contributed by atoms with Crippen LogP contribution < -0.4 is 0 Å². The van der Waals surface area contributed by atoms with Gasteiger partial charge < -0.3 is 14.0 Å². The van der Waals surface area contributed by atoms with Crippen LogP contribution in [0.3, 0.4) is 0 Å². The highest BCUT2D eigenvalue weighted by molar-refractivity contribution is 7.13. The second-order valence-electron chi connectivity index (χ2n) is 7.74. The largest absolute Gasteiger partial charge is 0.461 e. The lowest BCUT2D eigenvalue weighted by atomic mass is 10.0. The average molecular weight is 511 g/mol. The minimum atomic E-state index is -0.489. The number of hydrogen-bond acceptors (Lipinski definition) is 8. The van der Waals surface area contributed by atoms with Gasteiger partial charge in [-0.3, -0.25) is 4.79 Å². The Balaban J connectivity index is 1.49. The fraction of sp³-hybridized carbons (Fsp3) is 0.231. The number of aryl methyl sites for hydroxylation is 1. The number of aromatic nitrogens is 2. The highest BCUT2D eigenvalue weighted by Crippen LogP contribution is 2.31. The van der Waals surface area contributed by atoms with E-state index in [0.29, 0.717) is 33.7 Å². The number of benzene rings is 2. The summed E-state index contributed by atoms with van der Waals surface area (Å²) in [6, 6.07) is 14.7. The molecule has 0 fully saturated rings. The number of halogens is 1. The van der Waals surface area contributed by atoms with Gasteiger partial charge in [-0.25, -0.2) is 9.78 Å². The SMILES string of the molecule is CCOC(=O)c1csc(-c2ccc(-c3onc(C)c3CC(=O)OC(C)c3ccccc3Cl)cc2)n1. The predicted molar refractivity (Wildman–Crippen MR) is 133 cm³/mol. The molecule has 0 aliphatic rings. The summed E-state index contributed by atoms with van der Waals surface area (Å²) >= 11 is 7.58. The van der Waals surface area contributed by atoms with Crippen LogP contribution in [0.4, 0.5) is 0 Å². The minimum absolute atomic E-state index is 0.0105. The zero-order valence-corrected chi connectivity index (χ0v) is 21.0. The molecule has 2 aromatic heterocycles. The summed E-state index contributed by atoms with van der Waals surface area (Å²) in [6.07, 6.45) is -0.478. The van der Waals surface area contributed by atoms with Gasteiger partial charge in [-0.15, -0.1) is 11.3 Å². The predicted octanol–water partition coefficient (Wildman–Crippen LogP) is 6.45. The standard InChI is InChI=1S/C26H23ClN2O5S/c1-4-32-26(31)22-14-35-25(28-22)18-11-9-17(10-12-18)24-20(15(2)29-34-24)13-23(30)33-16(3)19-7-5-6-8-21(19)27/h5-12,14,16H,4,13H2,1-3H3. The van der Waals surface area contributed by atoms with E-state index in [4.69, 9.17) is 25.6 Å². The molecule has 0 radical (unpaired) electrons. The molecule has 0 bridgehead atoms. The van der Waals surface area contributed by atoms with Gasteiger partial charge in [-0.05, 0) is 26.8 Å². The van der Waals surface area contributed by atoms with Crippen molar-refractivity contribution in [2.45, 2.75) is 33.3 Å². The van der Waals surface area contributed by atoms with E-state index >= 15 is 0 Å². The first-order valence-electron chi connectivity index (χ1n) is 11.0. The molecule has 0 aliphatic carbocycles. The van der Waals surface area contributed by atoms with Crippen molar-refractivity contribution in [3.8, 4) is 21.9 Å². The van der Waals surface area contributed by atoms with E-state index in [9.17, 15) is 9.59 Å². The molecule has 4 rings (SSSR count). The topological polar surface area (TPSA) is 91.5 Å². The van der Waals surface area contributed by atoms with Crippen LogP contribution in [-0.2, 0) is 20.7 Å². The number of ether oxygens (including phenoxy) is 2. The number of hydrogen-bond donors (Lipinski definition) is 0. The van der Waals surface area contributed by atoms with Gasteiger partial charge in [0.2, 0.25) is 0 Å². The van der Waals surface area contributed by atoms with Crippen molar-refractivity contribution in [1.29, 1.82) is 0 Å². The van der Waals surface area contributed by atoms with E-state index in [2.05, 4.69) is 10.1 Å². The average Bonchev–Trinajstić information content (AvgIpc) is 3.47. The van der Waals surface area contributed by atoms with Crippen LogP contribution in [0.25, 0.3) is 21.9 Å². The minimum Gasteiger partial charge on any atom is -0.461 e. The van der Waals surface area contributed by atoms with Gasteiger partial charge >= 0.3 is 11.9 Å². The summed E-state index contributed by atoms with van der Waals surface area (Å²) in [4.78, 5) is 28.9. The van der Waals surface area contributed by atoms with Crippen molar-refractivity contribution in [3.63, 3.8) is 0 Å². The molecule has 0 aliphatic heterocycles. The molecule has 2 heterocycles. The van der Waals surface area contributed by atoms with E-state index < -0.39 is 18.0 Å². The highest BCUT2D eigenvalue weighted by atomic mass is 35.5. The van der Waals surface area contributed by atoms with Crippen LogP contribution in [0.15, 0.2) is 58.4 Å². The first-order valence-corrected chi connectivity index (χ1v) is 12.3. The third-order valence-electron chi connectivity index (χ3n) is 5.34. The van der Waals surface area contributed by atoms with E-state index in [1.54, 1.807) is 32.2 Å². The zero-order valence-electron chi connectivity index (χ0n) is 19.4. The van der Waals surface area contributed by atoms with Crippen molar-refractivity contribution in [1.82, 2.24) is 10.1 Å². The Morgan fingerprint density at radius 2 is 1.83 bits per heavy atom. The van der Waals surface area contributed by atoms with Gasteiger partial charge in [0.25, 0.3) is 0 Å². The third kappa shape index (κ3) is 5.61. The summed E-state index contributed by atoms with van der Waals surface area (Å²) in [5, 5.41) is 6.97. The van der Waals surface area contributed by atoms with E-state index in [1.165, 1.54) is 11.3 Å². The molecule has 35 heavy (non-hydrogen) atoms. The maximum absolute atomic E-state index is 12.7. The lowest BCUT2D eigenvalue weighted by molar-refractivity contribution is -0.147. The quantitative estimate of drug-likeness (QED) is 0.251. The fourth-order valence-corrected chi connectivity index (χ4v) is 4.63. The van der Waals surface area contributed by atoms with Crippen LogP contribution >= 0.6 is 22.9 Å². The number of carbonyl (C=O) groups is 2. The van der Waals surface area contributed by atoms with Crippen LogP contribution in [0.1, 0.15) is 47.3 Å². The third-order valence-corrected chi connectivity index (χ3v) is 6.58. The van der Waals surface area contributed by atoms with Crippen LogP contribution in [-0.4, -0.2) is 28.7 Å². The number of rotatable bonds is 8. The van der Waals surface area contributed by atoms with Crippen molar-refractivity contribution in [2.75, 3.05) is 6.61 Å². The second-order valence-corrected chi connectivity index (χ2v) is 9.01. The van der Waals surface area contributed by atoms with Crippen molar-refractivity contribution >= 4 is 34.9 Å². The van der Waals surface area contributed by atoms with Gasteiger partial charge in [-0.2, -0.15) is 0 Å². The van der Waals surface area contributed by atoms with Gasteiger partial charge in [0, 0.05) is 32.7 Å². The Bertz CT molecular complexity index is 1350. The number of esters is 2. The lowest BCUT2D eigenvalue weighted by Gasteiger charge is -2.15. The summed E-state index contributed by atoms with van der Waals surface area (Å²) in [5.74, 6) is -0.345. The van der Waals surface area contributed by atoms with Gasteiger partial charge in [-0.1, -0.05) is 59.2 Å². The normalized spacial score (nSPS) is 11.8. The molecule has 1 atom stereocenters. The molecular weight excluding hydrogens is 488 g/mol. The number of carbonyl (C=O) groups excluding carboxylic acids is 2. The van der Waals surface area contributed by atoms with Crippen LogP contribution in [0, 0.1) is 6.92 Å². The Hall–Kier alpha value is -3.49. The van der Waals surface area contributed by atoms with Crippen LogP contribution in [0.2, 0.25) is 5.02 Å². The monoisotopic (exact) mass is 510 g/mol. The summed E-state index contributed by atoms with van der Waals surface area (Å²) in [6.45, 7) is 5.62. The molecule has 0 amide bonds. The molecule has 2 aromatic carbocycles. The molecule has 0 N–H and O–H groups in total. The first-order chi connectivity index (χ1) is 16.9. The Morgan fingerprint density at radius 1 is 1.11 bits per heavy atom. The molecule has 4 aromatic rings. The van der Waals surface area contributed by atoms with Crippen molar-refractivity contribution in [2.24, 2.45) is 0 Å². The summed E-state index contributed by atoms with van der Waals surface area (Å²) < 4.78 is 16.2. The van der Waals surface area contributed by atoms with E-state index in [0.717, 1.165) is 16.7 Å². The smallest absolute Gasteiger partial charge is 0.357 e. The summed E-state index contributed by atoms with van der Waals surface area (Å²) in [5.41, 5.74) is 3.92. The van der Waals surface area contributed by atoms with Gasteiger partial charge in [0.05, 0.1) is 18.7 Å². The molecule has 180 valence electrons. The second kappa shape index (κ2) is 10.8. The van der Waals surface area contributed by atoms with Gasteiger partial charge in [0.15, 0.2) is 11.5 Å². The molecule has 7 nitrogen and oxygen atoms in total. The molecule has 0 saturated carbocycles. The van der Waals surface area contributed by atoms with E-state index in [1.807, 2.05) is 42.5 Å². The molecular formula is C26H23ClN2O5S. The number of thiazole rings is 1. The maximum Gasteiger partial charge on any atom is 0.357 e. The Morgan fingerprint density at radius 3 is 2.54 bits per heavy atom. The van der Waals surface area contributed by atoms with E-state index in [-0.39, 0.29) is 12.1 Å². The van der Waals surface area contributed by atoms with Crippen LogP contribution in [0.5, 0.6) is 0 Å². The highest BCUT2D eigenvalue weighted by Gasteiger charge is 2.21.